The Bertz CT molecular complexity index is 358. The van der Waals surface area contributed by atoms with E-state index in [-0.39, 0.29) is 11.9 Å². The minimum absolute atomic E-state index is 0.0991. The summed E-state index contributed by atoms with van der Waals surface area (Å²) >= 11 is 0. The third-order valence-electron chi connectivity index (χ3n) is 2.27. The van der Waals surface area contributed by atoms with E-state index < -0.39 is 6.10 Å². The van der Waals surface area contributed by atoms with Gasteiger partial charge >= 0.3 is 0 Å². The molecular weight excluding hydrogens is 204 g/mol. The molecule has 1 rings (SSSR count). The molecule has 16 heavy (non-hydrogen) atoms. The van der Waals surface area contributed by atoms with Crippen LogP contribution in [0.15, 0.2) is 24.3 Å². The molecule has 0 radical (unpaired) electrons. The normalized spacial score (nSPS) is 14.2. The summed E-state index contributed by atoms with van der Waals surface area (Å²) in [5.74, 6) is 0.744. The molecule has 0 aliphatic carbocycles. The van der Waals surface area contributed by atoms with Crippen LogP contribution in [0, 0.1) is 0 Å². The Morgan fingerprint density at radius 1 is 1.38 bits per heavy atom. The quantitative estimate of drug-likeness (QED) is 0.832. The first-order chi connectivity index (χ1) is 7.50. The Kier molecular flexibility index (Phi) is 4.50. The van der Waals surface area contributed by atoms with Crippen LogP contribution in [-0.4, -0.2) is 17.0 Å². The first-order valence-electron chi connectivity index (χ1n) is 5.43. The van der Waals surface area contributed by atoms with Crippen molar-refractivity contribution in [2.75, 3.05) is 0 Å². The van der Waals surface area contributed by atoms with Crippen LogP contribution in [0.3, 0.4) is 0 Å². The van der Waals surface area contributed by atoms with Crippen LogP contribution in [0.25, 0.3) is 0 Å². The number of para-hydroxylation sites is 1. The van der Waals surface area contributed by atoms with Crippen LogP contribution in [0.2, 0.25) is 0 Å². The molecule has 0 spiro atoms. The van der Waals surface area contributed by atoms with Gasteiger partial charge in [0, 0.05) is 12.0 Å². The summed E-state index contributed by atoms with van der Waals surface area (Å²) in [7, 11) is 0. The lowest BCUT2D eigenvalue weighted by molar-refractivity contribution is -0.118. The molecule has 1 N–H and O–H groups in total. The lowest BCUT2D eigenvalue weighted by atomic mass is 10.1. The van der Waals surface area contributed by atoms with Crippen molar-refractivity contribution < 1.29 is 14.6 Å². The molecule has 1 aromatic rings. The molecule has 0 amide bonds. The van der Waals surface area contributed by atoms with E-state index in [9.17, 15) is 9.90 Å². The maximum absolute atomic E-state index is 10.9. The summed E-state index contributed by atoms with van der Waals surface area (Å²) in [4.78, 5) is 10.9. The summed E-state index contributed by atoms with van der Waals surface area (Å²) < 4.78 is 5.64. The number of Topliss-reactive ketones (excluding diaryl/α,β-unsaturated/α-hetero) is 1. The number of ketones is 1. The van der Waals surface area contributed by atoms with Crippen LogP contribution in [-0.2, 0) is 4.79 Å². The van der Waals surface area contributed by atoms with Gasteiger partial charge in [0.25, 0.3) is 0 Å². The van der Waals surface area contributed by atoms with Gasteiger partial charge in [-0.1, -0.05) is 18.2 Å². The molecule has 0 aromatic heterocycles. The van der Waals surface area contributed by atoms with E-state index in [1.165, 1.54) is 0 Å². The molecule has 3 heteroatoms. The van der Waals surface area contributed by atoms with Crippen LogP contribution < -0.4 is 4.74 Å². The topological polar surface area (TPSA) is 46.5 Å². The highest BCUT2D eigenvalue weighted by atomic mass is 16.5. The van der Waals surface area contributed by atoms with Gasteiger partial charge in [-0.2, -0.15) is 0 Å². The second-order valence-corrected chi connectivity index (χ2v) is 4.05. The van der Waals surface area contributed by atoms with E-state index >= 15 is 0 Å². The lowest BCUT2D eigenvalue weighted by Gasteiger charge is -2.17. The summed E-state index contributed by atoms with van der Waals surface area (Å²) in [5, 5.41) is 9.55. The first-order valence-corrected chi connectivity index (χ1v) is 5.43. The Morgan fingerprint density at radius 2 is 2.00 bits per heavy atom. The van der Waals surface area contributed by atoms with Crippen molar-refractivity contribution in [1.82, 2.24) is 0 Å². The van der Waals surface area contributed by atoms with E-state index in [0.717, 1.165) is 5.56 Å². The highest BCUT2D eigenvalue weighted by Gasteiger charge is 2.12. The van der Waals surface area contributed by atoms with Gasteiger partial charge in [-0.15, -0.1) is 0 Å². The fourth-order valence-electron chi connectivity index (χ4n) is 1.60. The van der Waals surface area contributed by atoms with Crippen molar-refractivity contribution in [1.29, 1.82) is 0 Å². The van der Waals surface area contributed by atoms with Gasteiger partial charge in [-0.3, -0.25) is 4.79 Å². The van der Waals surface area contributed by atoms with Gasteiger partial charge in [0.05, 0.1) is 6.10 Å². The van der Waals surface area contributed by atoms with Crippen molar-refractivity contribution >= 4 is 5.78 Å². The number of rotatable bonds is 5. The standard InChI is InChI=1S/C13H18O3/c1-9(14)8-10(2)16-13-7-5-4-6-12(13)11(3)15/h4-7,10-11,15H,8H2,1-3H3/t10-,11-/m0/s1. The Morgan fingerprint density at radius 3 is 2.56 bits per heavy atom. The number of aliphatic hydroxyl groups excluding tert-OH is 1. The number of aliphatic hydroxyl groups is 1. The number of ether oxygens (including phenoxy) is 1. The fraction of sp³-hybridized carbons (Fsp3) is 0.462. The van der Waals surface area contributed by atoms with Crippen molar-refractivity contribution in [3.63, 3.8) is 0 Å². The molecule has 0 aliphatic heterocycles. The van der Waals surface area contributed by atoms with Crippen molar-refractivity contribution in [2.45, 2.75) is 39.4 Å². The minimum atomic E-state index is -0.569. The van der Waals surface area contributed by atoms with Crippen molar-refractivity contribution in [2.24, 2.45) is 0 Å². The number of carbonyl (C=O) groups excluding carboxylic acids is 1. The SMILES string of the molecule is CC(=O)C[C@H](C)Oc1ccccc1[C@H](C)O. The minimum Gasteiger partial charge on any atom is -0.490 e. The maximum Gasteiger partial charge on any atom is 0.133 e. The van der Waals surface area contributed by atoms with Crippen LogP contribution in [0.1, 0.15) is 38.9 Å². The molecule has 88 valence electrons. The summed E-state index contributed by atoms with van der Waals surface area (Å²) in [6.45, 7) is 5.08. The van der Waals surface area contributed by atoms with Gasteiger partial charge in [-0.25, -0.2) is 0 Å². The van der Waals surface area contributed by atoms with Crippen LogP contribution >= 0.6 is 0 Å². The number of benzene rings is 1. The van der Waals surface area contributed by atoms with Gasteiger partial charge in [0.1, 0.15) is 17.6 Å². The monoisotopic (exact) mass is 222 g/mol. The lowest BCUT2D eigenvalue weighted by Crippen LogP contribution is -2.16. The zero-order valence-corrected chi connectivity index (χ0v) is 9.93. The molecular formula is C13H18O3. The molecule has 0 unspecified atom stereocenters. The predicted octanol–water partition coefficient (Wildman–Crippen LogP) is 2.49. The van der Waals surface area contributed by atoms with E-state index in [2.05, 4.69) is 0 Å². The molecule has 0 saturated carbocycles. The predicted molar refractivity (Wildman–Crippen MR) is 62.5 cm³/mol. The molecule has 0 heterocycles. The van der Waals surface area contributed by atoms with Gasteiger partial charge in [0.2, 0.25) is 0 Å². The van der Waals surface area contributed by atoms with Crippen molar-refractivity contribution in [3.05, 3.63) is 29.8 Å². The number of hydrogen-bond donors (Lipinski definition) is 1. The fourth-order valence-corrected chi connectivity index (χ4v) is 1.60. The number of carbonyl (C=O) groups is 1. The Hall–Kier alpha value is -1.35. The largest absolute Gasteiger partial charge is 0.490 e. The Labute approximate surface area is 96.1 Å². The van der Waals surface area contributed by atoms with Crippen molar-refractivity contribution in [3.8, 4) is 5.75 Å². The zero-order valence-electron chi connectivity index (χ0n) is 9.93. The van der Waals surface area contributed by atoms with E-state index in [1.807, 2.05) is 25.1 Å². The summed E-state index contributed by atoms with van der Waals surface area (Å²) in [6, 6.07) is 7.32. The molecule has 0 fully saturated rings. The average molecular weight is 222 g/mol. The molecule has 0 bridgehead atoms. The van der Waals surface area contributed by atoms with E-state index in [4.69, 9.17) is 4.74 Å². The third kappa shape index (κ3) is 3.66. The average Bonchev–Trinajstić information content (AvgIpc) is 2.16. The third-order valence-corrected chi connectivity index (χ3v) is 2.27. The molecule has 0 aliphatic rings. The van der Waals surface area contributed by atoms with Gasteiger partial charge in [0.15, 0.2) is 0 Å². The van der Waals surface area contributed by atoms with E-state index in [0.29, 0.717) is 12.2 Å². The second kappa shape index (κ2) is 5.66. The summed E-state index contributed by atoms with van der Waals surface area (Å²) in [5.41, 5.74) is 0.748. The molecule has 2 atom stereocenters. The smallest absolute Gasteiger partial charge is 0.133 e. The second-order valence-electron chi connectivity index (χ2n) is 4.05. The zero-order chi connectivity index (χ0) is 12.1. The molecule has 3 nitrogen and oxygen atoms in total. The first kappa shape index (κ1) is 12.7. The van der Waals surface area contributed by atoms with Crippen LogP contribution in [0.5, 0.6) is 5.75 Å². The van der Waals surface area contributed by atoms with Gasteiger partial charge < -0.3 is 9.84 Å². The highest BCUT2D eigenvalue weighted by Crippen LogP contribution is 2.25. The van der Waals surface area contributed by atoms with E-state index in [1.54, 1.807) is 19.9 Å². The molecule has 1 aromatic carbocycles. The van der Waals surface area contributed by atoms with Crippen LogP contribution in [0.4, 0.5) is 0 Å². The number of hydrogen-bond acceptors (Lipinski definition) is 3. The Balaban J connectivity index is 2.76. The summed E-state index contributed by atoms with van der Waals surface area (Å²) in [6.07, 6.45) is -0.355. The maximum atomic E-state index is 10.9. The molecule has 0 saturated heterocycles. The highest BCUT2D eigenvalue weighted by molar-refractivity contribution is 5.75. The van der Waals surface area contributed by atoms with Gasteiger partial charge in [-0.05, 0) is 26.8 Å².